The van der Waals surface area contributed by atoms with E-state index in [1.54, 1.807) is 0 Å². The predicted molar refractivity (Wildman–Crippen MR) is 47.7 cm³/mol. The van der Waals surface area contributed by atoms with Gasteiger partial charge in [0.05, 0.1) is 11.1 Å². The summed E-state index contributed by atoms with van der Waals surface area (Å²) >= 11 is 2.89. The molecule has 0 unspecified atom stereocenters. The van der Waals surface area contributed by atoms with Crippen LogP contribution in [-0.2, 0) is 6.18 Å². The Hall–Kier alpha value is -1.04. The van der Waals surface area contributed by atoms with Crippen LogP contribution in [-0.4, -0.2) is 5.91 Å². The molecule has 14 heavy (non-hydrogen) atoms. The summed E-state index contributed by atoms with van der Waals surface area (Å²) in [7, 11) is 0. The number of primary amides is 1. The van der Waals surface area contributed by atoms with Crippen LogP contribution in [0.1, 0.15) is 15.9 Å². The van der Waals surface area contributed by atoms with Gasteiger partial charge in [-0.05, 0) is 18.2 Å². The van der Waals surface area contributed by atoms with Crippen LogP contribution < -0.4 is 5.73 Å². The molecule has 1 rings (SSSR count). The second-order valence-electron chi connectivity index (χ2n) is 2.55. The Bertz CT molecular complexity index is 375. The minimum absolute atomic E-state index is 0.245. The van der Waals surface area contributed by atoms with Crippen LogP contribution in [0.5, 0.6) is 0 Å². The average molecular weight is 268 g/mol. The molecular weight excluding hydrogens is 263 g/mol. The molecule has 0 aromatic heterocycles. The number of hydrogen-bond donors (Lipinski definition) is 1. The zero-order valence-corrected chi connectivity index (χ0v) is 8.32. The van der Waals surface area contributed by atoms with Gasteiger partial charge in [-0.1, -0.05) is 15.9 Å². The number of alkyl halides is 3. The SMILES string of the molecule is NC(=O)c1ccc(Br)cc1C(F)(F)F. The largest absolute Gasteiger partial charge is 0.417 e. The van der Waals surface area contributed by atoms with Crippen molar-refractivity contribution in [3.05, 3.63) is 33.8 Å². The smallest absolute Gasteiger partial charge is 0.366 e. The molecule has 1 aromatic rings. The van der Waals surface area contributed by atoms with Crippen LogP contribution in [0.15, 0.2) is 22.7 Å². The van der Waals surface area contributed by atoms with Crippen molar-refractivity contribution in [1.29, 1.82) is 0 Å². The first-order valence-corrected chi connectivity index (χ1v) is 4.28. The summed E-state index contributed by atoms with van der Waals surface area (Å²) in [5.41, 5.74) is 3.25. The Morgan fingerprint density at radius 2 is 1.93 bits per heavy atom. The van der Waals surface area contributed by atoms with Crippen molar-refractivity contribution in [1.82, 2.24) is 0 Å². The number of hydrogen-bond acceptors (Lipinski definition) is 1. The van der Waals surface area contributed by atoms with E-state index in [1.165, 1.54) is 6.07 Å². The lowest BCUT2D eigenvalue weighted by atomic mass is 10.1. The molecule has 0 aliphatic carbocycles. The molecule has 0 aliphatic rings. The van der Waals surface area contributed by atoms with Crippen molar-refractivity contribution in [2.75, 3.05) is 0 Å². The van der Waals surface area contributed by atoms with Gasteiger partial charge in [0, 0.05) is 4.47 Å². The number of amides is 1. The lowest BCUT2D eigenvalue weighted by molar-refractivity contribution is -0.137. The lowest BCUT2D eigenvalue weighted by Gasteiger charge is -2.10. The molecular formula is C8H5BrF3NO. The number of benzene rings is 1. The van der Waals surface area contributed by atoms with Gasteiger partial charge in [-0.3, -0.25) is 4.79 Å². The fraction of sp³-hybridized carbons (Fsp3) is 0.125. The summed E-state index contributed by atoms with van der Waals surface area (Å²) in [5.74, 6) is -1.09. The normalized spacial score (nSPS) is 11.4. The first-order valence-electron chi connectivity index (χ1n) is 3.49. The molecule has 0 radical (unpaired) electrons. The van der Waals surface area contributed by atoms with Crippen LogP contribution in [0.25, 0.3) is 0 Å². The highest BCUT2D eigenvalue weighted by Crippen LogP contribution is 2.33. The van der Waals surface area contributed by atoms with Gasteiger partial charge in [0.1, 0.15) is 0 Å². The van der Waals surface area contributed by atoms with E-state index in [0.717, 1.165) is 12.1 Å². The minimum atomic E-state index is -4.58. The van der Waals surface area contributed by atoms with Gasteiger partial charge in [0.15, 0.2) is 0 Å². The Labute approximate surface area is 86.0 Å². The van der Waals surface area contributed by atoms with E-state index < -0.39 is 23.2 Å². The summed E-state index contributed by atoms with van der Waals surface area (Å²) < 4.78 is 37.3. The van der Waals surface area contributed by atoms with Crippen LogP contribution in [0.4, 0.5) is 13.2 Å². The fourth-order valence-electron chi connectivity index (χ4n) is 0.966. The number of carbonyl (C=O) groups excluding carboxylic acids is 1. The summed E-state index contributed by atoms with van der Waals surface area (Å²) in [5, 5.41) is 0. The van der Waals surface area contributed by atoms with Crippen molar-refractivity contribution in [3.8, 4) is 0 Å². The van der Waals surface area contributed by atoms with E-state index in [-0.39, 0.29) is 4.47 Å². The van der Waals surface area contributed by atoms with E-state index in [2.05, 4.69) is 15.9 Å². The molecule has 1 amide bonds. The number of nitrogens with two attached hydrogens (primary N) is 1. The van der Waals surface area contributed by atoms with Crippen LogP contribution >= 0.6 is 15.9 Å². The third kappa shape index (κ3) is 2.25. The number of halogens is 4. The maximum atomic E-state index is 12.4. The molecule has 0 saturated heterocycles. The molecule has 2 N–H and O–H groups in total. The summed E-state index contributed by atoms with van der Waals surface area (Å²) in [6.45, 7) is 0. The van der Waals surface area contributed by atoms with Crippen molar-refractivity contribution in [2.45, 2.75) is 6.18 Å². The van der Waals surface area contributed by atoms with Gasteiger partial charge in [-0.15, -0.1) is 0 Å². The van der Waals surface area contributed by atoms with Crippen molar-refractivity contribution < 1.29 is 18.0 Å². The highest BCUT2D eigenvalue weighted by Gasteiger charge is 2.34. The fourth-order valence-corrected chi connectivity index (χ4v) is 1.33. The van der Waals surface area contributed by atoms with E-state index in [1.807, 2.05) is 0 Å². The zero-order valence-electron chi connectivity index (χ0n) is 6.73. The third-order valence-corrected chi connectivity index (χ3v) is 2.05. The molecule has 0 saturated carbocycles. The Balaban J connectivity index is 3.38. The van der Waals surface area contributed by atoms with Crippen LogP contribution in [0.3, 0.4) is 0 Å². The second kappa shape index (κ2) is 3.61. The van der Waals surface area contributed by atoms with Gasteiger partial charge in [-0.25, -0.2) is 0 Å². The molecule has 6 heteroatoms. The first-order chi connectivity index (χ1) is 6.32. The van der Waals surface area contributed by atoms with Crippen LogP contribution in [0.2, 0.25) is 0 Å². The lowest BCUT2D eigenvalue weighted by Crippen LogP contribution is -2.18. The van der Waals surface area contributed by atoms with Gasteiger partial charge in [0.25, 0.3) is 0 Å². The molecule has 76 valence electrons. The Morgan fingerprint density at radius 3 is 2.36 bits per heavy atom. The Kier molecular flexibility index (Phi) is 2.84. The summed E-state index contributed by atoms with van der Waals surface area (Å²) in [6.07, 6.45) is -4.58. The van der Waals surface area contributed by atoms with E-state index >= 15 is 0 Å². The van der Waals surface area contributed by atoms with E-state index in [4.69, 9.17) is 5.73 Å². The van der Waals surface area contributed by atoms with Gasteiger partial charge >= 0.3 is 6.18 Å². The molecule has 1 aromatic carbocycles. The van der Waals surface area contributed by atoms with Gasteiger partial charge < -0.3 is 5.73 Å². The minimum Gasteiger partial charge on any atom is -0.366 e. The van der Waals surface area contributed by atoms with Gasteiger partial charge in [-0.2, -0.15) is 13.2 Å². The van der Waals surface area contributed by atoms with Gasteiger partial charge in [0.2, 0.25) is 5.91 Å². The molecule has 0 heterocycles. The van der Waals surface area contributed by atoms with E-state index in [0.29, 0.717) is 0 Å². The third-order valence-electron chi connectivity index (χ3n) is 1.55. The molecule has 0 fully saturated rings. The van der Waals surface area contributed by atoms with Crippen molar-refractivity contribution >= 4 is 21.8 Å². The summed E-state index contributed by atoms with van der Waals surface area (Å²) in [6, 6.07) is 3.19. The summed E-state index contributed by atoms with van der Waals surface area (Å²) in [4.78, 5) is 10.7. The quantitative estimate of drug-likeness (QED) is 0.835. The standard InChI is InChI=1S/C8H5BrF3NO/c9-4-1-2-5(7(13)14)6(3-4)8(10,11)12/h1-3H,(H2,13,14). The molecule has 0 spiro atoms. The topological polar surface area (TPSA) is 43.1 Å². The van der Waals surface area contributed by atoms with Crippen molar-refractivity contribution in [2.24, 2.45) is 5.73 Å². The highest BCUT2D eigenvalue weighted by molar-refractivity contribution is 9.10. The Morgan fingerprint density at radius 1 is 1.36 bits per heavy atom. The predicted octanol–water partition coefficient (Wildman–Crippen LogP) is 2.57. The molecule has 0 bridgehead atoms. The first kappa shape index (κ1) is 11.0. The monoisotopic (exact) mass is 267 g/mol. The molecule has 2 nitrogen and oxygen atoms in total. The van der Waals surface area contributed by atoms with E-state index in [9.17, 15) is 18.0 Å². The maximum absolute atomic E-state index is 12.4. The zero-order chi connectivity index (χ0) is 10.9. The second-order valence-corrected chi connectivity index (χ2v) is 3.47. The molecule has 0 atom stereocenters. The average Bonchev–Trinajstić information content (AvgIpc) is 2.01. The number of rotatable bonds is 1. The molecule has 0 aliphatic heterocycles. The van der Waals surface area contributed by atoms with Crippen LogP contribution in [0, 0.1) is 0 Å². The maximum Gasteiger partial charge on any atom is 0.417 e. The van der Waals surface area contributed by atoms with Crippen molar-refractivity contribution in [3.63, 3.8) is 0 Å². The highest BCUT2D eigenvalue weighted by atomic mass is 79.9. The number of carbonyl (C=O) groups is 1.